The fraction of sp³-hybridized carbons (Fsp3) is 0.364. The Morgan fingerprint density at radius 2 is 1.93 bits per heavy atom. The van der Waals surface area contributed by atoms with Gasteiger partial charge in [-0.15, -0.1) is 0 Å². The first-order chi connectivity index (χ1) is 13.5. The molecule has 2 aromatic rings. The Kier molecular flexibility index (Phi) is 5.05. The molecule has 2 aliphatic rings. The summed E-state index contributed by atoms with van der Waals surface area (Å²) in [5.74, 6) is 0.824. The van der Waals surface area contributed by atoms with Gasteiger partial charge in [0.2, 0.25) is 6.79 Å². The fourth-order valence-corrected chi connectivity index (χ4v) is 4.17. The lowest BCUT2D eigenvalue weighted by Gasteiger charge is -2.30. The number of amides is 1. The van der Waals surface area contributed by atoms with Crippen LogP contribution in [0.1, 0.15) is 47.3 Å². The highest BCUT2D eigenvalue weighted by Crippen LogP contribution is 2.37. The molecular weight excluding hydrogens is 356 g/mol. The molecule has 2 N–H and O–H groups in total. The molecule has 0 fully saturated rings. The van der Waals surface area contributed by atoms with E-state index in [0.29, 0.717) is 35.3 Å². The number of carbonyl (C=O) groups is 2. The Morgan fingerprint density at radius 1 is 1.18 bits per heavy atom. The van der Waals surface area contributed by atoms with Gasteiger partial charge in [-0.05, 0) is 31.4 Å². The molecular formula is C22H25N2O4+. The van der Waals surface area contributed by atoms with Gasteiger partial charge in [0, 0.05) is 23.6 Å². The molecule has 0 saturated carbocycles. The standard InChI is InChI=1S/C22H24N2O4/c1-14(25)17-10-20-21(28-13-27-20)11-18(17)23-22(26)12-24(2)19-9-5-7-15-6-3-4-8-16(15)19/h3-4,6,8,10-11,19H,5,7,9,12-13H2,1-2H3,(H,23,26)/p+1/t19-/m0/s1. The van der Waals surface area contributed by atoms with Gasteiger partial charge in [-0.2, -0.15) is 0 Å². The number of likely N-dealkylation sites (N-methyl/N-ethyl adjacent to an activating group) is 1. The van der Waals surface area contributed by atoms with Gasteiger partial charge in [0.25, 0.3) is 5.91 Å². The third-order valence-corrected chi connectivity index (χ3v) is 5.57. The second-order valence-corrected chi connectivity index (χ2v) is 7.52. The number of ketones is 1. The van der Waals surface area contributed by atoms with E-state index in [-0.39, 0.29) is 18.5 Å². The average molecular weight is 381 g/mol. The SMILES string of the molecule is CC(=O)c1cc2c(cc1NC(=O)C[NH+](C)[C@H]1CCCc3ccccc31)OCO2. The molecule has 146 valence electrons. The van der Waals surface area contributed by atoms with E-state index in [9.17, 15) is 9.59 Å². The van der Waals surface area contributed by atoms with Crippen LogP contribution in [0.15, 0.2) is 36.4 Å². The van der Waals surface area contributed by atoms with Crippen molar-refractivity contribution in [1.29, 1.82) is 0 Å². The van der Waals surface area contributed by atoms with Crippen LogP contribution in [0.5, 0.6) is 11.5 Å². The van der Waals surface area contributed by atoms with Crippen LogP contribution in [-0.4, -0.2) is 32.1 Å². The van der Waals surface area contributed by atoms with Gasteiger partial charge < -0.3 is 19.7 Å². The van der Waals surface area contributed by atoms with E-state index in [2.05, 4.69) is 36.6 Å². The van der Waals surface area contributed by atoms with Crippen LogP contribution in [0.3, 0.4) is 0 Å². The van der Waals surface area contributed by atoms with Crippen molar-refractivity contribution >= 4 is 17.4 Å². The number of carbonyl (C=O) groups excluding carboxylic acids is 2. The first-order valence-electron chi connectivity index (χ1n) is 9.67. The van der Waals surface area contributed by atoms with E-state index in [0.717, 1.165) is 24.2 Å². The number of benzene rings is 2. The Hall–Kier alpha value is -2.86. The summed E-state index contributed by atoms with van der Waals surface area (Å²) in [5, 5.41) is 2.90. The van der Waals surface area contributed by atoms with Crippen molar-refractivity contribution in [3.63, 3.8) is 0 Å². The van der Waals surface area contributed by atoms with Gasteiger partial charge in [0.15, 0.2) is 23.8 Å². The number of rotatable bonds is 5. The van der Waals surface area contributed by atoms with Crippen molar-refractivity contribution in [3.8, 4) is 11.5 Å². The van der Waals surface area contributed by atoms with Gasteiger partial charge in [-0.25, -0.2) is 0 Å². The van der Waals surface area contributed by atoms with E-state index in [1.54, 1.807) is 12.1 Å². The van der Waals surface area contributed by atoms with Crippen molar-refractivity contribution in [2.24, 2.45) is 0 Å². The lowest BCUT2D eigenvalue weighted by molar-refractivity contribution is -0.905. The second-order valence-electron chi connectivity index (χ2n) is 7.52. The van der Waals surface area contributed by atoms with Crippen molar-refractivity contribution in [3.05, 3.63) is 53.1 Å². The predicted octanol–water partition coefficient (Wildman–Crippen LogP) is 2.15. The topological polar surface area (TPSA) is 69.1 Å². The minimum Gasteiger partial charge on any atom is -0.454 e. The van der Waals surface area contributed by atoms with E-state index in [4.69, 9.17) is 9.47 Å². The van der Waals surface area contributed by atoms with Crippen LogP contribution < -0.4 is 19.7 Å². The Morgan fingerprint density at radius 3 is 2.71 bits per heavy atom. The first kappa shape index (κ1) is 18.5. The molecule has 4 rings (SSSR count). The summed E-state index contributed by atoms with van der Waals surface area (Å²) in [6, 6.07) is 12.1. The largest absolute Gasteiger partial charge is 0.454 e. The van der Waals surface area contributed by atoms with Crippen molar-refractivity contribution in [2.75, 3.05) is 25.7 Å². The van der Waals surface area contributed by atoms with E-state index >= 15 is 0 Å². The monoisotopic (exact) mass is 381 g/mol. The van der Waals surface area contributed by atoms with Crippen LogP contribution >= 0.6 is 0 Å². The maximum atomic E-state index is 12.7. The van der Waals surface area contributed by atoms with Gasteiger partial charge >= 0.3 is 0 Å². The smallest absolute Gasteiger partial charge is 0.279 e. The molecule has 1 amide bonds. The number of fused-ring (bicyclic) bond motifs is 2. The average Bonchev–Trinajstić information content (AvgIpc) is 3.14. The molecule has 0 spiro atoms. The van der Waals surface area contributed by atoms with E-state index in [1.165, 1.54) is 18.1 Å². The maximum absolute atomic E-state index is 12.7. The molecule has 1 unspecified atom stereocenters. The third kappa shape index (κ3) is 3.60. The first-order valence-corrected chi connectivity index (χ1v) is 9.67. The molecule has 1 heterocycles. The maximum Gasteiger partial charge on any atom is 0.279 e. The molecule has 6 nitrogen and oxygen atoms in total. The van der Waals surface area contributed by atoms with Crippen LogP contribution in [0.4, 0.5) is 5.69 Å². The zero-order chi connectivity index (χ0) is 19.7. The van der Waals surface area contributed by atoms with Crippen LogP contribution in [0.25, 0.3) is 0 Å². The molecule has 0 bridgehead atoms. The summed E-state index contributed by atoms with van der Waals surface area (Å²) in [5.41, 5.74) is 3.62. The zero-order valence-electron chi connectivity index (χ0n) is 16.2. The third-order valence-electron chi connectivity index (χ3n) is 5.57. The molecule has 6 heteroatoms. The molecule has 0 saturated heterocycles. The van der Waals surface area contributed by atoms with Crippen molar-refractivity contribution in [1.82, 2.24) is 0 Å². The number of hydrogen-bond donors (Lipinski definition) is 2. The number of Topliss-reactive ketones (excluding diaryl/α,β-unsaturated/α-hetero) is 1. The molecule has 2 aromatic carbocycles. The molecule has 1 aliphatic heterocycles. The minimum absolute atomic E-state index is 0.123. The van der Waals surface area contributed by atoms with E-state index in [1.807, 2.05) is 0 Å². The number of ether oxygens (including phenoxy) is 2. The normalized spacial score (nSPS) is 18.3. The van der Waals surface area contributed by atoms with Gasteiger partial charge in [-0.3, -0.25) is 9.59 Å². The van der Waals surface area contributed by atoms with Crippen LogP contribution in [0.2, 0.25) is 0 Å². The van der Waals surface area contributed by atoms with Crippen molar-refractivity contribution < 1.29 is 24.0 Å². The molecule has 0 aromatic heterocycles. The number of anilines is 1. The minimum atomic E-state index is -0.129. The quantitative estimate of drug-likeness (QED) is 0.779. The molecule has 28 heavy (non-hydrogen) atoms. The van der Waals surface area contributed by atoms with Gasteiger partial charge in [0.05, 0.1) is 12.7 Å². The Bertz CT molecular complexity index is 925. The molecule has 0 radical (unpaired) electrons. The summed E-state index contributed by atoms with van der Waals surface area (Å²) in [6.45, 7) is 1.92. The number of aryl methyl sites for hydroxylation is 1. The highest BCUT2D eigenvalue weighted by molar-refractivity contribution is 6.04. The molecule has 1 aliphatic carbocycles. The Labute approximate surface area is 164 Å². The van der Waals surface area contributed by atoms with Gasteiger partial charge in [0.1, 0.15) is 6.04 Å². The van der Waals surface area contributed by atoms with Crippen LogP contribution in [-0.2, 0) is 11.2 Å². The highest BCUT2D eigenvalue weighted by atomic mass is 16.7. The highest BCUT2D eigenvalue weighted by Gasteiger charge is 2.28. The van der Waals surface area contributed by atoms with Gasteiger partial charge in [-0.1, -0.05) is 24.3 Å². The lowest BCUT2D eigenvalue weighted by Crippen LogP contribution is -3.10. The summed E-state index contributed by atoms with van der Waals surface area (Å²) in [7, 11) is 2.05. The molecule has 2 atom stereocenters. The summed E-state index contributed by atoms with van der Waals surface area (Å²) in [6.07, 6.45) is 3.31. The predicted molar refractivity (Wildman–Crippen MR) is 105 cm³/mol. The zero-order valence-corrected chi connectivity index (χ0v) is 16.2. The number of hydrogen-bond acceptors (Lipinski definition) is 4. The summed E-state index contributed by atoms with van der Waals surface area (Å²) >= 11 is 0. The second kappa shape index (κ2) is 7.64. The van der Waals surface area contributed by atoms with Crippen LogP contribution in [0, 0.1) is 0 Å². The number of quaternary nitrogens is 1. The van der Waals surface area contributed by atoms with E-state index < -0.39 is 0 Å². The lowest BCUT2D eigenvalue weighted by atomic mass is 9.87. The summed E-state index contributed by atoms with van der Waals surface area (Å²) in [4.78, 5) is 25.9. The summed E-state index contributed by atoms with van der Waals surface area (Å²) < 4.78 is 10.7. The Balaban J connectivity index is 1.49. The number of nitrogens with one attached hydrogen (secondary N) is 2. The van der Waals surface area contributed by atoms with Crippen molar-refractivity contribution in [2.45, 2.75) is 32.2 Å². The fourth-order valence-electron chi connectivity index (χ4n) is 4.17.